The molecule has 0 spiro atoms. The smallest absolute Gasteiger partial charge is 0.407 e. The number of carbonyl (C=O) groups is 2. The van der Waals surface area contributed by atoms with Crippen LogP contribution in [0.2, 0.25) is 5.02 Å². The van der Waals surface area contributed by atoms with Crippen molar-refractivity contribution in [3.8, 4) is 0 Å². The van der Waals surface area contributed by atoms with Gasteiger partial charge in [0.15, 0.2) is 0 Å². The van der Waals surface area contributed by atoms with Gasteiger partial charge >= 0.3 is 12.1 Å². The van der Waals surface area contributed by atoms with E-state index in [2.05, 4.69) is 5.32 Å². The molecular weight excluding hydrogens is 270 g/mol. The van der Waals surface area contributed by atoms with Crippen molar-refractivity contribution < 1.29 is 19.4 Å². The van der Waals surface area contributed by atoms with Gasteiger partial charge in [-0.3, -0.25) is 0 Å². The Kier molecular flexibility index (Phi) is 4.78. The second-order valence-corrected chi connectivity index (χ2v) is 5.37. The first-order valence-corrected chi connectivity index (χ1v) is 6.05. The van der Waals surface area contributed by atoms with Crippen LogP contribution in [0, 0.1) is 0 Å². The number of carboxylic acid groups (broad SMARTS) is 1. The van der Waals surface area contributed by atoms with Crippen molar-refractivity contribution in [1.82, 2.24) is 5.32 Å². The molecule has 0 aliphatic carbocycles. The van der Waals surface area contributed by atoms with Gasteiger partial charge < -0.3 is 15.2 Å². The van der Waals surface area contributed by atoms with Crippen LogP contribution in [0.4, 0.5) is 4.79 Å². The molecular formula is C13H16ClNO4. The van der Waals surface area contributed by atoms with E-state index in [1.165, 1.54) is 12.1 Å². The maximum Gasteiger partial charge on any atom is 0.407 e. The monoisotopic (exact) mass is 285 g/mol. The average Bonchev–Trinajstić information content (AvgIpc) is 2.24. The molecule has 19 heavy (non-hydrogen) atoms. The fraction of sp³-hybridized carbons (Fsp3) is 0.385. The van der Waals surface area contributed by atoms with Crippen LogP contribution >= 0.6 is 11.6 Å². The molecule has 0 aromatic heterocycles. The molecule has 5 nitrogen and oxygen atoms in total. The lowest BCUT2D eigenvalue weighted by Crippen LogP contribution is -2.32. The van der Waals surface area contributed by atoms with Gasteiger partial charge in [-0.25, -0.2) is 9.59 Å². The predicted octanol–water partition coefficient (Wildman–Crippen LogP) is 3.06. The molecule has 0 fully saturated rings. The number of alkyl carbamates (subject to hydrolysis) is 1. The van der Waals surface area contributed by atoms with E-state index in [0.29, 0.717) is 5.56 Å². The van der Waals surface area contributed by atoms with Crippen LogP contribution in [0.15, 0.2) is 18.2 Å². The number of carboxylic acids is 1. The first-order valence-electron chi connectivity index (χ1n) is 5.67. The highest BCUT2D eigenvalue weighted by Gasteiger charge is 2.16. The minimum absolute atomic E-state index is 0.103. The van der Waals surface area contributed by atoms with E-state index < -0.39 is 17.7 Å². The van der Waals surface area contributed by atoms with Gasteiger partial charge in [0, 0.05) is 11.6 Å². The number of amides is 1. The summed E-state index contributed by atoms with van der Waals surface area (Å²) < 4.78 is 5.07. The van der Waals surface area contributed by atoms with Gasteiger partial charge in [0.1, 0.15) is 5.60 Å². The largest absolute Gasteiger partial charge is 0.478 e. The number of rotatable bonds is 3. The Morgan fingerprint density at radius 1 is 1.37 bits per heavy atom. The highest BCUT2D eigenvalue weighted by atomic mass is 35.5. The molecule has 2 N–H and O–H groups in total. The van der Waals surface area contributed by atoms with Gasteiger partial charge in [0.2, 0.25) is 0 Å². The molecule has 6 heteroatoms. The van der Waals surface area contributed by atoms with Crippen LogP contribution in [0.5, 0.6) is 0 Å². The normalized spacial score (nSPS) is 10.9. The molecule has 0 saturated heterocycles. The molecule has 0 atom stereocenters. The topological polar surface area (TPSA) is 75.6 Å². The SMILES string of the molecule is CC(C)(C)OC(=O)NCc1ccc(C(=O)O)cc1Cl. The molecule has 0 radical (unpaired) electrons. The second kappa shape index (κ2) is 5.93. The van der Waals surface area contributed by atoms with Gasteiger partial charge in [-0.1, -0.05) is 17.7 Å². The van der Waals surface area contributed by atoms with Crippen molar-refractivity contribution in [2.45, 2.75) is 32.9 Å². The van der Waals surface area contributed by atoms with Crippen LogP contribution in [-0.4, -0.2) is 22.8 Å². The molecule has 0 bridgehead atoms. The molecule has 0 aliphatic rings. The standard InChI is InChI=1S/C13H16ClNO4/c1-13(2,3)19-12(18)15-7-9-5-4-8(11(16)17)6-10(9)14/h4-6H,7H2,1-3H3,(H,15,18)(H,16,17). The van der Waals surface area contributed by atoms with Crippen LogP contribution < -0.4 is 5.32 Å². The first-order chi connectivity index (χ1) is 8.69. The summed E-state index contributed by atoms with van der Waals surface area (Å²) in [5.74, 6) is -1.05. The molecule has 0 aliphatic heterocycles. The van der Waals surface area contributed by atoms with E-state index in [1.807, 2.05) is 0 Å². The average molecular weight is 286 g/mol. The Morgan fingerprint density at radius 3 is 2.47 bits per heavy atom. The zero-order valence-corrected chi connectivity index (χ0v) is 11.7. The van der Waals surface area contributed by atoms with Gasteiger partial charge in [-0.05, 0) is 38.5 Å². The molecule has 1 rings (SSSR count). The number of aromatic carboxylic acids is 1. The van der Waals surface area contributed by atoms with Gasteiger partial charge in [0.25, 0.3) is 0 Å². The molecule has 1 aromatic rings. The maximum atomic E-state index is 11.4. The Balaban J connectivity index is 2.64. The van der Waals surface area contributed by atoms with Crippen LogP contribution in [-0.2, 0) is 11.3 Å². The highest BCUT2D eigenvalue weighted by molar-refractivity contribution is 6.31. The van der Waals surface area contributed by atoms with Crippen molar-refractivity contribution in [3.05, 3.63) is 34.3 Å². The molecule has 0 heterocycles. The molecule has 104 valence electrons. The van der Waals surface area contributed by atoms with Crippen LogP contribution in [0.3, 0.4) is 0 Å². The molecule has 1 amide bonds. The van der Waals surface area contributed by atoms with Crippen molar-refractivity contribution in [2.75, 3.05) is 0 Å². The van der Waals surface area contributed by atoms with E-state index in [0.717, 1.165) is 0 Å². The third-order valence-corrected chi connectivity index (χ3v) is 2.47. The number of hydrogen-bond acceptors (Lipinski definition) is 3. The van der Waals surface area contributed by atoms with Crippen LogP contribution in [0.1, 0.15) is 36.7 Å². The second-order valence-electron chi connectivity index (χ2n) is 4.97. The summed E-state index contributed by atoms with van der Waals surface area (Å²) in [6.45, 7) is 5.47. The zero-order valence-electron chi connectivity index (χ0n) is 11.0. The molecule has 0 saturated carbocycles. The van der Waals surface area contributed by atoms with E-state index in [1.54, 1.807) is 26.8 Å². The van der Waals surface area contributed by atoms with E-state index >= 15 is 0 Å². The van der Waals surface area contributed by atoms with Crippen molar-refractivity contribution in [2.24, 2.45) is 0 Å². The Hall–Kier alpha value is -1.75. The zero-order chi connectivity index (χ0) is 14.6. The lowest BCUT2D eigenvalue weighted by molar-refractivity contribution is 0.0522. The van der Waals surface area contributed by atoms with E-state index in [-0.39, 0.29) is 17.1 Å². The summed E-state index contributed by atoms with van der Waals surface area (Å²) in [6.07, 6.45) is -0.550. The van der Waals surface area contributed by atoms with Crippen molar-refractivity contribution >= 4 is 23.7 Å². The maximum absolute atomic E-state index is 11.4. The summed E-state index contributed by atoms with van der Waals surface area (Å²) in [5, 5.41) is 11.6. The number of halogens is 1. The van der Waals surface area contributed by atoms with E-state index in [4.69, 9.17) is 21.4 Å². The third-order valence-electron chi connectivity index (χ3n) is 2.12. The Bertz CT molecular complexity index is 494. The van der Waals surface area contributed by atoms with Crippen molar-refractivity contribution in [1.29, 1.82) is 0 Å². The van der Waals surface area contributed by atoms with Gasteiger partial charge in [-0.2, -0.15) is 0 Å². The lowest BCUT2D eigenvalue weighted by Gasteiger charge is -2.19. The first kappa shape index (κ1) is 15.3. The summed E-state index contributed by atoms with van der Waals surface area (Å²) in [7, 11) is 0. The number of carbonyl (C=O) groups excluding carboxylic acids is 1. The fourth-order valence-corrected chi connectivity index (χ4v) is 1.55. The van der Waals surface area contributed by atoms with Crippen LogP contribution in [0.25, 0.3) is 0 Å². The van der Waals surface area contributed by atoms with E-state index in [9.17, 15) is 9.59 Å². The number of benzene rings is 1. The lowest BCUT2D eigenvalue weighted by atomic mass is 10.1. The number of hydrogen-bond donors (Lipinski definition) is 2. The molecule has 1 aromatic carbocycles. The Morgan fingerprint density at radius 2 is 2.00 bits per heavy atom. The number of nitrogens with one attached hydrogen (secondary N) is 1. The predicted molar refractivity (Wildman–Crippen MR) is 71.5 cm³/mol. The summed E-state index contributed by atoms with van der Waals surface area (Å²) in [6, 6.07) is 4.33. The highest BCUT2D eigenvalue weighted by Crippen LogP contribution is 2.18. The van der Waals surface area contributed by atoms with Gasteiger partial charge in [0.05, 0.1) is 5.56 Å². The number of ether oxygens (including phenoxy) is 1. The summed E-state index contributed by atoms with van der Waals surface area (Å²) in [4.78, 5) is 22.2. The Labute approximate surface area is 116 Å². The van der Waals surface area contributed by atoms with Gasteiger partial charge in [-0.15, -0.1) is 0 Å². The summed E-state index contributed by atoms with van der Waals surface area (Å²) >= 11 is 5.93. The third kappa shape index (κ3) is 5.18. The van der Waals surface area contributed by atoms with Crippen molar-refractivity contribution in [3.63, 3.8) is 0 Å². The minimum atomic E-state index is -1.05. The quantitative estimate of drug-likeness (QED) is 0.895. The summed E-state index contributed by atoms with van der Waals surface area (Å²) in [5.41, 5.74) is 0.157. The molecule has 0 unspecified atom stereocenters. The minimum Gasteiger partial charge on any atom is -0.478 e. The fourth-order valence-electron chi connectivity index (χ4n) is 1.31.